The molecule has 2 atom stereocenters. The van der Waals surface area contributed by atoms with Crippen LogP contribution in [0.15, 0.2) is 0 Å². The van der Waals surface area contributed by atoms with Crippen molar-refractivity contribution in [1.29, 1.82) is 0 Å². The maximum Gasteiger partial charge on any atom is 0.334 e. The third-order valence-corrected chi connectivity index (χ3v) is 3.92. The summed E-state index contributed by atoms with van der Waals surface area (Å²) in [5.74, 6) is 0.429. The molecule has 0 aromatic carbocycles. The van der Waals surface area contributed by atoms with E-state index in [1.54, 1.807) is 11.8 Å². The van der Waals surface area contributed by atoms with Crippen LogP contribution in [0.3, 0.4) is 0 Å². The molecule has 0 bridgehead atoms. The van der Waals surface area contributed by atoms with Gasteiger partial charge in [-0.25, -0.2) is 4.79 Å². The second-order valence-electron chi connectivity index (χ2n) is 3.72. The fourth-order valence-electron chi connectivity index (χ4n) is 1.23. The van der Waals surface area contributed by atoms with E-state index < -0.39 is 0 Å². The number of thiol groups is 1. The maximum absolute atomic E-state index is 11.2. The van der Waals surface area contributed by atoms with Gasteiger partial charge in [-0.15, -0.1) is 11.8 Å². The molecule has 1 aliphatic heterocycles. The van der Waals surface area contributed by atoms with Crippen LogP contribution in [0.5, 0.6) is 0 Å². The minimum Gasteiger partial charge on any atom is -0.394 e. The van der Waals surface area contributed by atoms with Crippen LogP contribution in [0.25, 0.3) is 0 Å². The molecular weight excluding hydrogens is 192 g/mol. The molecule has 1 rings (SSSR count). The second kappa shape index (κ2) is 3.50. The first-order valence-electron chi connectivity index (χ1n) is 4.04. The summed E-state index contributed by atoms with van der Waals surface area (Å²) >= 11 is 5.19. The SMILES string of the molecule is CC(C)CC1SC1(C)C(=O)OS. The average molecular weight is 206 g/mol. The van der Waals surface area contributed by atoms with Gasteiger partial charge in [-0.05, 0) is 19.3 Å². The van der Waals surface area contributed by atoms with Crippen molar-refractivity contribution in [1.82, 2.24) is 0 Å². The Morgan fingerprint density at radius 2 is 2.33 bits per heavy atom. The Balaban J connectivity index is 2.43. The molecule has 0 radical (unpaired) electrons. The third-order valence-electron chi connectivity index (χ3n) is 2.12. The summed E-state index contributed by atoms with van der Waals surface area (Å²) in [6.07, 6.45) is 1.07. The summed E-state index contributed by atoms with van der Waals surface area (Å²) in [5, 5.41) is 0.428. The van der Waals surface area contributed by atoms with E-state index in [-0.39, 0.29) is 10.7 Å². The molecule has 0 aromatic rings. The van der Waals surface area contributed by atoms with E-state index >= 15 is 0 Å². The van der Waals surface area contributed by atoms with E-state index in [1.165, 1.54) is 0 Å². The van der Waals surface area contributed by atoms with E-state index in [4.69, 9.17) is 0 Å². The quantitative estimate of drug-likeness (QED) is 0.436. The molecule has 0 saturated carbocycles. The van der Waals surface area contributed by atoms with Gasteiger partial charge in [-0.3, -0.25) is 0 Å². The van der Waals surface area contributed by atoms with Crippen molar-refractivity contribution in [2.45, 2.75) is 37.2 Å². The lowest BCUT2D eigenvalue weighted by Crippen LogP contribution is -2.23. The van der Waals surface area contributed by atoms with Gasteiger partial charge in [0.2, 0.25) is 0 Å². The molecule has 1 heterocycles. The Labute approximate surface area is 83.1 Å². The van der Waals surface area contributed by atoms with Crippen molar-refractivity contribution in [2.75, 3.05) is 0 Å². The molecule has 1 fully saturated rings. The van der Waals surface area contributed by atoms with Crippen molar-refractivity contribution in [3.63, 3.8) is 0 Å². The van der Waals surface area contributed by atoms with Crippen LogP contribution in [0.4, 0.5) is 0 Å². The molecule has 1 aliphatic rings. The van der Waals surface area contributed by atoms with Gasteiger partial charge in [0, 0.05) is 18.2 Å². The van der Waals surface area contributed by atoms with Gasteiger partial charge >= 0.3 is 5.97 Å². The Hall–Kier alpha value is 0.170. The lowest BCUT2D eigenvalue weighted by Gasteiger charge is -2.06. The molecule has 0 amide bonds. The minimum absolute atomic E-state index is 0.207. The first-order chi connectivity index (χ1) is 5.50. The zero-order valence-electron chi connectivity index (χ0n) is 7.53. The van der Waals surface area contributed by atoms with E-state index in [9.17, 15) is 4.79 Å². The summed E-state index contributed by atoms with van der Waals surface area (Å²) in [7, 11) is 0. The largest absolute Gasteiger partial charge is 0.394 e. The van der Waals surface area contributed by atoms with Crippen LogP contribution in [0.1, 0.15) is 27.2 Å². The van der Waals surface area contributed by atoms with Crippen molar-refractivity contribution in [3.8, 4) is 0 Å². The summed E-state index contributed by atoms with van der Waals surface area (Å²) in [6, 6.07) is 0. The van der Waals surface area contributed by atoms with Gasteiger partial charge < -0.3 is 4.18 Å². The van der Waals surface area contributed by atoms with E-state index in [0.29, 0.717) is 11.2 Å². The molecule has 4 heteroatoms. The molecule has 1 saturated heterocycles. The fraction of sp³-hybridized carbons (Fsp3) is 0.875. The lowest BCUT2D eigenvalue weighted by atomic mass is 10.00. The Bertz CT molecular complexity index is 193. The first-order valence-corrected chi connectivity index (χ1v) is 5.29. The van der Waals surface area contributed by atoms with Gasteiger partial charge in [-0.1, -0.05) is 13.8 Å². The number of carbonyl (C=O) groups excluding carboxylic acids is 1. The van der Waals surface area contributed by atoms with Gasteiger partial charge in [-0.2, -0.15) is 0 Å². The first kappa shape index (κ1) is 10.3. The predicted molar refractivity (Wildman–Crippen MR) is 54.3 cm³/mol. The van der Waals surface area contributed by atoms with Crippen LogP contribution in [0, 0.1) is 5.92 Å². The Morgan fingerprint density at radius 1 is 1.75 bits per heavy atom. The predicted octanol–water partition coefficient (Wildman–Crippen LogP) is 2.29. The van der Waals surface area contributed by atoms with Crippen LogP contribution >= 0.6 is 24.7 Å². The second-order valence-corrected chi connectivity index (χ2v) is 5.56. The number of rotatable bonds is 3. The third kappa shape index (κ3) is 1.91. The number of carbonyl (C=O) groups is 1. The smallest absolute Gasteiger partial charge is 0.334 e. The normalized spacial score (nSPS) is 33.6. The fourth-order valence-corrected chi connectivity index (χ4v) is 2.82. The number of hydrogen-bond acceptors (Lipinski definition) is 4. The Kier molecular flexibility index (Phi) is 2.99. The highest BCUT2D eigenvalue weighted by Crippen LogP contribution is 2.56. The van der Waals surface area contributed by atoms with E-state index in [1.807, 2.05) is 6.92 Å². The zero-order chi connectivity index (χ0) is 9.35. The van der Waals surface area contributed by atoms with E-state index in [2.05, 4.69) is 30.9 Å². The van der Waals surface area contributed by atoms with Gasteiger partial charge in [0.1, 0.15) is 4.75 Å². The maximum atomic E-state index is 11.2. The lowest BCUT2D eigenvalue weighted by molar-refractivity contribution is -0.134. The molecule has 12 heavy (non-hydrogen) atoms. The summed E-state index contributed by atoms with van der Waals surface area (Å²) in [4.78, 5) is 11.2. The highest BCUT2D eigenvalue weighted by atomic mass is 32.2. The van der Waals surface area contributed by atoms with Crippen LogP contribution in [-0.4, -0.2) is 16.0 Å². The standard InChI is InChI=1S/C8H14O2S2/c1-5(2)4-6-8(3,12-6)7(9)10-11/h5-6,11H,4H2,1-3H3. The summed E-state index contributed by atoms with van der Waals surface area (Å²) in [6.45, 7) is 6.24. The Morgan fingerprint density at radius 3 is 2.75 bits per heavy atom. The van der Waals surface area contributed by atoms with Crippen molar-refractivity contribution >= 4 is 30.6 Å². The number of hydrogen-bond donors (Lipinski definition) is 1. The monoisotopic (exact) mass is 206 g/mol. The molecular formula is C8H14O2S2. The topological polar surface area (TPSA) is 26.3 Å². The average Bonchev–Trinajstić information content (AvgIpc) is 2.60. The van der Waals surface area contributed by atoms with Crippen LogP contribution in [0.2, 0.25) is 0 Å². The van der Waals surface area contributed by atoms with Crippen molar-refractivity contribution in [3.05, 3.63) is 0 Å². The molecule has 0 aliphatic carbocycles. The molecule has 2 unspecified atom stereocenters. The highest BCUT2D eigenvalue weighted by molar-refractivity contribution is 8.09. The van der Waals surface area contributed by atoms with Gasteiger partial charge in [0.15, 0.2) is 0 Å². The molecule has 70 valence electrons. The van der Waals surface area contributed by atoms with Crippen LogP contribution < -0.4 is 0 Å². The molecule has 0 N–H and O–H groups in total. The molecule has 2 nitrogen and oxygen atoms in total. The zero-order valence-corrected chi connectivity index (χ0v) is 9.24. The van der Waals surface area contributed by atoms with Gasteiger partial charge in [0.05, 0.1) is 0 Å². The highest BCUT2D eigenvalue weighted by Gasteiger charge is 2.58. The minimum atomic E-state index is -0.313. The van der Waals surface area contributed by atoms with Crippen molar-refractivity contribution in [2.24, 2.45) is 5.92 Å². The summed E-state index contributed by atoms with van der Waals surface area (Å²) < 4.78 is 4.11. The van der Waals surface area contributed by atoms with Crippen molar-refractivity contribution < 1.29 is 8.98 Å². The van der Waals surface area contributed by atoms with Crippen LogP contribution in [-0.2, 0) is 8.98 Å². The number of thioether (sulfide) groups is 1. The molecule has 0 spiro atoms. The van der Waals surface area contributed by atoms with E-state index in [0.717, 1.165) is 6.42 Å². The van der Waals surface area contributed by atoms with Gasteiger partial charge in [0.25, 0.3) is 0 Å². The summed E-state index contributed by atoms with van der Waals surface area (Å²) in [5.41, 5.74) is 0. The molecule has 0 aromatic heterocycles.